The summed E-state index contributed by atoms with van der Waals surface area (Å²) in [5.41, 5.74) is 1.03. The average molecular weight is 276 g/mol. The molecule has 1 fully saturated rings. The number of amides is 2. The molecule has 2 amide bonds. The lowest BCUT2D eigenvalue weighted by molar-refractivity contribution is -0.134. The monoisotopic (exact) mass is 276 g/mol. The Bertz CT molecular complexity index is 473. The molecule has 0 spiro atoms. The van der Waals surface area contributed by atoms with Crippen LogP contribution in [0, 0.1) is 0 Å². The molecule has 1 heterocycles. The molecule has 1 aliphatic heterocycles. The summed E-state index contributed by atoms with van der Waals surface area (Å²) in [6.07, 6.45) is 0.873. The van der Waals surface area contributed by atoms with Crippen LogP contribution in [0.3, 0.4) is 0 Å². The van der Waals surface area contributed by atoms with E-state index in [1.54, 1.807) is 19.0 Å². The van der Waals surface area contributed by atoms with Gasteiger partial charge in [0, 0.05) is 27.1 Å². The molecular formula is C15H20N2O3. The Labute approximate surface area is 119 Å². The largest absolute Gasteiger partial charge is 0.449 e. The SMILES string of the molecule is CN(C)C(=O)[C@@H](Cc1ccccc1)N1CCCOC1=O. The van der Waals surface area contributed by atoms with Crippen LogP contribution in [-0.4, -0.2) is 55.1 Å². The maximum atomic E-state index is 12.4. The number of cyclic esters (lactones) is 1. The van der Waals surface area contributed by atoms with Crippen molar-refractivity contribution in [2.24, 2.45) is 0 Å². The first-order valence-electron chi connectivity index (χ1n) is 6.78. The number of carbonyl (C=O) groups excluding carboxylic acids is 2. The predicted molar refractivity (Wildman–Crippen MR) is 75.3 cm³/mol. The first-order valence-corrected chi connectivity index (χ1v) is 6.78. The van der Waals surface area contributed by atoms with Crippen molar-refractivity contribution in [1.29, 1.82) is 0 Å². The smallest absolute Gasteiger partial charge is 0.410 e. The fraction of sp³-hybridized carbons (Fsp3) is 0.467. The molecule has 5 nitrogen and oxygen atoms in total. The molecule has 2 rings (SSSR count). The lowest BCUT2D eigenvalue weighted by atomic mass is 10.0. The molecule has 0 unspecified atom stereocenters. The summed E-state index contributed by atoms with van der Waals surface area (Å²) in [4.78, 5) is 27.3. The minimum absolute atomic E-state index is 0.0762. The highest BCUT2D eigenvalue weighted by Gasteiger charge is 2.33. The standard InChI is InChI=1S/C15H20N2O3/c1-16(2)14(18)13(11-12-7-4-3-5-8-12)17-9-6-10-20-15(17)19/h3-5,7-8,13H,6,9-11H2,1-2H3/t13-/m1/s1. The van der Waals surface area contributed by atoms with E-state index >= 15 is 0 Å². The molecule has 0 aliphatic carbocycles. The van der Waals surface area contributed by atoms with Crippen LogP contribution in [0.1, 0.15) is 12.0 Å². The van der Waals surface area contributed by atoms with E-state index in [0.717, 1.165) is 12.0 Å². The normalized spacial score (nSPS) is 16.5. The van der Waals surface area contributed by atoms with Gasteiger partial charge in [0.2, 0.25) is 5.91 Å². The quantitative estimate of drug-likeness (QED) is 0.838. The molecule has 1 aromatic rings. The summed E-state index contributed by atoms with van der Waals surface area (Å²) in [7, 11) is 3.41. The minimum atomic E-state index is -0.500. The van der Waals surface area contributed by atoms with Gasteiger partial charge < -0.3 is 9.64 Å². The van der Waals surface area contributed by atoms with E-state index < -0.39 is 12.1 Å². The van der Waals surface area contributed by atoms with Crippen LogP contribution in [0.4, 0.5) is 4.79 Å². The number of nitrogens with zero attached hydrogens (tertiary/aromatic N) is 2. The average Bonchev–Trinajstić information content (AvgIpc) is 2.46. The highest BCUT2D eigenvalue weighted by Crippen LogP contribution is 2.16. The lowest BCUT2D eigenvalue weighted by Gasteiger charge is -2.34. The van der Waals surface area contributed by atoms with E-state index in [9.17, 15) is 9.59 Å². The Morgan fingerprint density at radius 2 is 2.05 bits per heavy atom. The number of rotatable bonds is 4. The van der Waals surface area contributed by atoms with Gasteiger partial charge >= 0.3 is 6.09 Å². The molecule has 0 aromatic heterocycles. The van der Waals surface area contributed by atoms with Gasteiger partial charge in [-0.1, -0.05) is 30.3 Å². The Kier molecular flexibility index (Phi) is 4.61. The van der Waals surface area contributed by atoms with Crippen LogP contribution in [0.25, 0.3) is 0 Å². The molecule has 1 aromatic carbocycles. The summed E-state index contributed by atoms with van der Waals surface area (Å²) in [6.45, 7) is 0.999. The second-order valence-electron chi connectivity index (χ2n) is 5.10. The zero-order valence-corrected chi connectivity index (χ0v) is 11.9. The third kappa shape index (κ3) is 3.29. The van der Waals surface area contributed by atoms with Gasteiger partial charge in [-0.3, -0.25) is 9.69 Å². The predicted octanol–water partition coefficient (Wildman–Crippen LogP) is 1.53. The highest BCUT2D eigenvalue weighted by molar-refractivity contribution is 5.85. The summed E-state index contributed by atoms with van der Waals surface area (Å²) in [5, 5.41) is 0. The fourth-order valence-electron chi connectivity index (χ4n) is 2.32. The zero-order chi connectivity index (χ0) is 14.5. The van der Waals surface area contributed by atoms with Crippen LogP contribution in [0.2, 0.25) is 0 Å². The molecule has 0 N–H and O–H groups in total. The lowest BCUT2D eigenvalue weighted by Crippen LogP contribution is -2.52. The highest BCUT2D eigenvalue weighted by atomic mass is 16.6. The van der Waals surface area contributed by atoms with Crippen molar-refractivity contribution in [2.75, 3.05) is 27.2 Å². The second kappa shape index (κ2) is 6.41. The number of likely N-dealkylation sites (N-methyl/N-ethyl adjacent to an activating group) is 1. The van der Waals surface area contributed by atoms with Gasteiger partial charge in [-0.2, -0.15) is 0 Å². The van der Waals surface area contributed by atoms with Crippen LogP contribution in [-0.2, 0) is 16.0 Å². The van der Waals surface area contributed by atoms with Crippen LogP contribution in [0.15, 0.2) is 30.3 Å². The molecule has 108 valence electrons. The molecule has 5 heteroatoms. The third-order valence-electron chi connectivity index (χ3n) is 3.38. The molecule has 0 saturated carbocycles. The van der Waals surface area contributed by atoms with E-state index in [-0.39, 0.29) is 5.91 Å². The summed E-state index contributed by atoms with van der Waals surface area (Å²) < 4.78 is 5.06. The fourth-order valence-corrected chi connectivity index (χ4v) is 2.32. The molecule has 0 radical (unpaired) electrons. The van der Waals surface area contributed by atoms with E-state index in [0.29, 0.717) is 19.6 Å². The number of hydrogen-bond donors (Lipinski definition) is 0. The summed E-state index contributed by atoms with van der Waals surface area (Å²) >= 11 is 0. The summed E-state index contributed by atoms with van der Waals surface area (Å²) in [6, 6.07) is 9.22. The maximum Gasteiger partial charge on any atom is 0.410 e. The van der Waals surface area contributed by atoms with Gasteiger partial charge in [0.05, 0.1) is 6.61 Å². The second-order valence-corrected chi connectivity index (χ2v) is 5.10. The molecular weight excluding hydrogens is 256 g/mol. The Balaban J connectivity index is 2.20. The molecule has 1 aliphatic rings. The topological polar surface area (TPSA) is 49.9 Å². The van der Waals surface area contributed by atoms with Crippen molar-refractivity contribution in [3.63, 3.8) is 0 Å². The third-order valence-corrected chi connectivity index (χ3v) is 3.38. The number of carbonyl (C=O) groups is 2. The van der Waals surface area contributed by atoms with Gasteiger partial charge in [-0.05, 0) is 12.0 Å². The van der Waals surface area contributed by atoms with Crippen molar-refractivity contribution >= 4 is 12.0 Å². The minimum Gasteiger partial charge on any atom is -0.449 e. The van der Waals surface area contributed by atoms with E-state index in [4.69, 9.17) is 4.74 Å². The Hall–Kier alpha value is -2.04. The van der Waals surface area contributed by atoms with Gasteiger partial charge in [0.25, 0.3) is 0 Å². The first kappa shape index (κ1) is 14.4. The number of ether oxygens (including phenoxy) is 1. The van der Waals surface area contributed by atoms with Gasteiger partial charge in [0.1, 0.15) is 6.04 Å². The molecule has 0 bridgehead atoms. The Morgan fingerprint density at radius 1 is 1.35 bits per heavy atom. The zero-order valence-electron chi connectivity index (χ0n) is 11.9. The van der Waals surface area contributed by atoms with Crippen LogP contribution in [0.5, 0.6) is 0 Å². The van der Waals surface area contributed by atoms with Crippen molar-refractivity contribution in [2.45, 2.75) is 18.9 Å². The van der Waals surface area contributed by atoms with Crippen molar-refractivity contribution in [3.8, 4) is 0 Å². The summed E-state index contributed by atoms with van der Waals surface area (Å²) in [5.74, 6) is -0.0762. The van der Waals surface area contributed by atoms with Crippen LogP contribution >= 0.6 is 0 Å². The van der Waals surface area contributed by atoms with Gasteiger partial charge in [-0.15, -0.1) is 0 Å². The molecule has 1 atom stereocenters. The maximum absolute atomic E-state index is 12.4. The van der Waals surface area contributed by atoms with E-state index in [1.807, 2.05) is 30.3 Å². The van der Waals surface area contributed by atoms with E-state index in [2.05, 4.69) is 0 Å². The van der Waals surface area contributed by atoms with Crippen molar-refractivity contribution < 1.29 is 14.3 Å². The van der Waals surface area contributed by atoms with Crippen molar-refractivity contribution in [1.82, 2.24) is 9.80 Å². The molecule has 20 heavy (non-hydrogen) atoms. The van der Waals surface area contributed by atoms with Crippen molar-refractivity contribution in [3.05, 3.63) is 35.9 Å². The first-order chi connectivity index (χ1) is 9.59. The number of benzene rings is 1. The molecule has 1 saturated heterocycles. The van der Waals surface area contributed by atoms with E-state index in [1.165, 1.54) is 4.90 Å². The van der Waals surface area contributed by atoms with Gasteiger partial charge in [-0.25, -0.2) is 4.79 Å². The number of hydrogen-bond acceptors (Lipinski definition) is 3. The Morgan fingerprint density at radius 3 is 2.65 bits per heavy atom. The van der Waals surface area contributed by atoms with Gasteiger partial charge in [0.15, 0.2) is 0 Å². The van der Waals surface area contributed by atoms with Crippen LogP contribution < -0.4 is 0 Å².